The van der Waals surface area contributed by atoms with Crippen LogP contribution in [0.1, 0.15) is 5.69 Å². The first kappa shape index (κ1) is 17.4. The molecule has 0 atom stereocenters. The maximum atomic E-state index is 13.7. The van der Waals surface area contributed by atoms with Crippen LogP contribution in [0.4, 0.5) is 13.2 Å². The number of hydrogen-bond acceptors (Lipinski definition) is 4. The van der Waals surface area contributed by atoms with Crippen LogP contribution in [0, 0.1) is 17.5 Å². The van der Waals surface area contributed by atoms with E-state index >= 15 is 0 Å². The topological polar surface area (TPSA) is 50.4 Å². The van der Waals surface area contributed by atoms with Crippen molar-refractivity contribution in [1.82, 2.24) is 14.6 Å². The molecule has 0 amide bonds. The maximum absolute atomic E-state index is 13.7. The minimum atomic E-state index is -0.915. The molecule has 0 saturated carbocycles. The molecule has 136 valence electrons. The zero-order valence-corrected chi connectivity index (χ0v) is 14.6. The Morgan fingerprint density at radius 2 is 1.81 bits per heavy atom. The Balaban J connectivity index is 1.64. The monoisotopic (exact) mass is 387 g/mol. The summed E-state index contributed by atoms with van der Waals surface area (Å²) in [6.07, 6.45) is 0. The number of fused-ring (bicyclic) bond motifs is 1. The van der Waals surface area contributed by atoms with Gasteiger partial charge in [-0.2, -0.15) is 9.61 Å². The molecular weight excluding hydrogens is 375 g/mol. The van der Waals surface area contributed by atoms with Gasteiger partial charge in [0, 0.05) is 28.3 Å². The van der Waals surface area contributed by atoms with Crippen LogP contribution in [0.3, 0.4) is 0 Å². The molecule has 8 heteroatoms. The number of rotatable bonds is 4. The summed E-state index contributed by atoms with van der Waals surface area (Å²) in [5.41, 5.74) is 1.85. The van der Waals surface area contributed by atoms with Crippen molar-refractivity contribution in [2.24, 2.45) is 0 Å². The van der Waals surface area contributed by atoms with Crippen LogP contribution in [0.5, 0.6) is 5.88 Å². The van der Waals surface area contributed by atoms with E-state index in [1.54, 1.807) is 18.2 Å². The molecule has 2 aromatic carbocycles. The Bertz CT molecular complexity index is 1150. The molecule has 4 nitrogen and oxygen atoms in total. The normalized spacial score (nSPS) is 11.2. The van der Waals surface area contributed by atoms with E-state index in [0.717, 1.165) is 17.8 Å². The lowest BCUT2D eigenvalue weighted by atomic mass is 10.1. The number of benzene rings is 2. The van der Waals surface area contributed by atoms with Crippen molar-refractivity contribution >= 4 is 17.4 Å². The van der Waals surface area contributed by atoms with Crippen LogP contribution in [0.2, 0.25) is 0 Å². The minimum Gasteiger partial charge on any atom is -0.493 e. The van der Waals surface area contributed by atoms with E-state index in [9.17, 15) is 18.3 Å². The third-order valence-corrected chi connectivity index (χ3v) is 4.94. The van der Waals surface area contributed by atoms with Crippen molar-refractivity contribution in [3.63, 3.8) is 0 Å². The molecule has 0 spiro atoms. The smallest absolute Gasteiger partial charge is 0.215 e. The average Bonchev–Trinajstić information content (AvgIpc) is 3.08. The number of thioether (sulfide) groups is 1. The summed E-state index contributed by atoms with van der Waals surface area (Å²) >= 11 is 1.07. The summed E-state index contributed by atoms with van der Waals surface area (Å²) in [6, 6.07) is 12.9. The zero-order chi connectivity index (χ0) is 19.0. The predicted molar refractivity (Wildman–Crippen MR) is 96.0 cm³/mol. The first-order chi connectivity index (χ1) is 13.0. The lowest BCUT2D eigenvalue weighted by molar-refractivity contribution is 0.434. The van der Waals surface area contributed by atoms with Crippen molar-refractivity contribution in [1.29, 1.82) is 0 Å². The van der Waals surface area contributed by atoms with E-state index in [4.69, 9.17) is 0 Å². The van der Waals surface area contributed by atoms with Gasteiger partial charge in [-0.1, -0.05) is 18.2 Å². The Labute approximate surface area is 156 Å². The van der Waals surface area contributed by atoms with Crippen LogP contribution >= 0.6 is 11.8 Å². The van der Waals surface area contributed by atoms with Crippen LogP contribution < -0.4 is 0 Å². The van der Waals surface area contributed by atoms with Gasteiger partial charge in [0.05, 0.1) is 11.4 Å². The van der Waals surface area contributed by atoms with Crippen LogP contribution in [0.25, 0.3) is 16.9 Å². The molecule has 0 fully saturated rings. The molecule has 2 heterocycles. The van der Waals surface area contributed by atoms with Gasteiger partial charge < -0.3 is 5.11 Å². The fourth-order valence-corrected chi connectivity index (χ4v) is 3.47. The van der Waals surface area contributed by atoms with Gasteiger partial charge in [-0.05, 0) is 24.3 Å². The first-order valence-electron chi connectivity index (χ1n) is 7.93. The van der Waals surface area contributed by atoms with Gasteiger partial charge in [-0.25, -0.2) is 18.2 Å². The largest absolute Gasteiger partial charge is 0.493 e. The van der Waals surface area contributed by atoms with E-state index in [2.05, 4.69) is 10.1 Å². The third-order valence-electron chi connectivity index (χ3n) is 3.87. The van der Waals surface area contributed by atoms with Crippen molar-refractivity contribution in [3.05, 3.63) is 77.7 Å². The highest BCUT2D eigenvalue weighted by Gasteiger charge is 2.13. The molecule has 2 aromatic heterocycles. The number of aromatic hydroxyl groups is 1. The van der Waals surface area contributed by atoms with Crippen LogP contribution in [-0.4, -0.2) is 19.7 Å². The Kier molecular flexibility index (Phi) is 4.49. The van der Waals surface area contributed by atoms with E-state index < -0.39 is 17.5 Å². The van der Waals surface area contributed by atoms with Gasteiger partial charge in [0.2, 0.25) is 5.88 Å². The predicted octanol–water partition coefficient (Wildman–Crippen LogP) is 4.81. The Morgan fingerprint density at radius 3 is 2.63 bits per heavy atom. The molecule has 4 aromatic rings. The summed E-state index contributed by atoms with van der Waals surface area (Å²) in [5.74, 6) is -2.15. The highest BCUT2D eigenvalue weighted by atomic mass is 32.2. The van der Waals surface area contributed by atoms with Crippen LogP contribution in [-0.2, 0) is 5.75 Å². The van der Waals surface area contributed by atoms with Crippen LogP contribution in [0.15, 0.2) is 59.5 Å². The zero-order valence-electron chi connectivity index (χ0n) is 13.7. The molecule has 27 heavy (non-hydrogen) atoms. The second kappa shape index (κ2) is 6.96. The molecule has 0 aliphatic rings. The Morgan fingerprint density at radius 1 is 1.00 bits per heavy atom. The van der Waals surface area contributed by atoms with E-state index in [1.165, 1.54) is 34.8 Å². The number of hydrogen-bond donors (Lipinski definition) is 1. The molecule has 0 saturated heterocycles. The van der Waals surface area contributed by atoms with Gasteiger partial charge in [-0.3, -0.25) is 0 Å². The van der Waals surface area contributed by atoms with Crippen molar-refractivity contribution < 1.29 is 18.3 Å². The van der Waals surface area contributed by atoms with Crippen molar-refractivity contribution in [2.45, 2.75) is 10.6 Å². The Hall–Kier alpha value is -3.00. The maximum Gasteiger partial charge on any atom is 0.215 e. The molecule has 0 unspecified atom stereocenters. The number of halogens is 3. The molecule has 4 rings (SSSR count). The summed E-state index contributed by atoms with van der Waals surface area (Å²) in [6.45, 7) is 0. The van der Waals surface area contributed by atoms with Crippen molar-refractivity contribution in [2.75, 3.05) is 0 Å². The SMILES string of the molecule is Oc1cc(CSc2cccc(F)c2F)nc2cc(-c3cccc(F)c3)nn12. The van der Waals surface area contributed by atoms with Gasteiger partial charge in [0.25, 0.3) is 0 Å². The minimum absolute atomic E-state index is 0.155. The first-order valence-corrected chi connectivity index (χ1v) is 8.91. The van der Waals surface area contributed by atoms with E-state index in [-0.39, 0.29) is 16.5 Å². The molecule has 0 radical (unpaired) electrons. The van der Waals surface area contributed by atoms with Gasteiger partial charge in [0.1, 0.15) is 5.82 Å². The molecule has 0 aliphatic heterocycles. The highest BCUT2D eigenvalue weighted by molar-refractivity contribution is 7.98. The van der Waals surface area contributed by atoms with Gasteiger partial charge in [-0.15, -0.1) is 11.8 Å². The quantitative estimate of drug-likeness (QED) is 0.511. The lowest BCUT2D eigenvalue weighted by Crippen LogP contribution is -1.96. The highest BCUT2D eigenvalue weighted by Crippen LogP contribution is 2.28. The average molecular weight is 387 g/mol. The summed E-state index contributed by atoms with van der Waals surface area (Å²) in [5, 5.41) is 14.4. The van der Waals surface area contributed by atoms with E-state index in [1.807, 2.05) is 0 Å². The summed E-state index contributed by atoms with van der Waals surface area (Å²) in [4.78, 5) is 4.54. The number of aromatic nitrogens is 3. The molecule has 1 N–H and O–H groups in total. The third kappa shape index (κ3) is 3.48. The lowest BCUT2D eigenvalue weighted by Gasteiger charge is -2.05. The van der Waals surface area contributed by atoms with Gasteiger partial charge in [0.15, 0.2) is 17.3 Å². The molecular formula is C19H12F3N3OS. The van der Waals surface area contributed by atoms with E-state index in [0.29, 0.717) is 22.6 Å². The second-order valence-corrected chi connectivity index (χ2v) is 6.77. The standard InChI is InChI=1S/C19H12F3N3OS/c20-12-4-1-3-11(7-12)15-9-17-23-13(8-18(26)25(17)24-15)10-27-16-6-2-5-14(21)19(16)22/h1-9,26H,10H2. The van der Waals surface area contributed by atoms with Gasteiger partial charge >= 0.3 is 0 Å². The summed E-state index contributed by atoms with van der Waals surface area (Å²) in [7, 11) is 0. The fraction of sp³-hybridized carbons (Fsp3) is 0.0526. The molecule has 0 aliphatic carbocycles. The number of nitrogens with zero attached hydrogens (tertiary/aromatic N) is 3. The summed E-state index contributed by atoms with van der Waals surface area (Å²) < 4.78 is 41.7. The second-order valence-electron chi connectivity index (χ2n) is 5.76. The van der Waals surface area contributed by atoms with Crippen molar-refractivity contribution in [3.8, 4) is 17.1 Å². The molecule has 0 bridgehead atoms. The fourth-order valence-electron chi connectivity index (χ4n) is 2.62.